The molecule has 2 aromatic rings. The molecule has 0 saturated carbocycles. The molecule has 0 spiro atoms. The van der Waals surface area contributed by atoms with Gasteiger partial charge < -0.3 is 5.32 Å². The number of alkyl halides is 3. The minimum atomic E-state index is -4.69. The van der Waals surface area contributed by atoms with E-state index in [1.54, 1.807) is 36.4 Å². The predicted octanol–water partition coefficient (Wildman–Crippen LogP) is 4.84. The van der Waals surface area contributed by atoms with Crippen molar-refractivity contribution in [2.45, 2.75) is 11.0 Å². The number of carbonyl (C=O) groups is 1. The van der Waals surface area contributed by atoms with Crippen LogP contribution >= 0.6 is 11.8 Å². The Bertz CT molecular complexity index is 744. The van der Waals surface area contributed by atoms with Crippen LogP contribution in [0.15, 0.2) is 72.3 Å². The van der Waals surface area contributed by atoms with Crippen molar-refractivity contribution in [1.29, 1.82) is 0 Å². The third-order valence-corrected chi connectivity index (χ3v) is 4.89. The minimum absolute atomic E-state index is 0.00567. The van der Waals surface area contributed by atoms with E-state index in [0.717, 1.165) is 4.90 Å². The number of urea groups is 1. The molecule has 1 atom stereocenters. The van der Waals surface area contributed by atoms with Crippen molar-refractivity contribution < 1.29 is 18.0 Å². The largest absolute Gasteiger partial charge is 0.425 e. The minimum Gasteiger partial charge on any atom is -0.311 e. The van der Waals surface area contributed by atoms with Crippen LogP contribution in [0.3, 0.4) is 0 Å². The Balaban J connectivity index is 2.04. The van der Waals surface area contributed by atoms with Crippen molar-refractivity contribution in [2.24, 2.45) is 0 Å². The molecule has 0 radical (unpaired) electrons. The van der Waals surface area contributed by atoms with Crippen molar-refractivity contribution in [3.05, 3.63) is 77.8 Å². The van der Waals surface area contributed by atoms with Gasteiger partial charge in [-0.1, -0.05) is 66.9 Å². The molecule has 1 saturated heterocycles. The molecule has 1 fully saturated rings. The predicted molar refractivity (Wildman–Crippen MR) is 88.4 cm³/mol. The van der Waals surface area contributed by atoms with Crippen LogP contribution < -0.4 is 10.2 Å². The van der Waals surface area contributed by atoms with Crippen LogP contribution in [0.5, 0.6) is 0 Å². The molecule has 0 bridgehead atoms. The molecule has 1 N–H and O–H groups in total. The average molecular weight is 350 g/mol. The van der Waals surface area contributed by atoms with Crippen molar-refractivity contribution >= 4 is 23.5 Å². The molecule has 1 aliphatic rings. The lowest BCUT2D eigenvalue weighted by atomic mass is 10.1. The van der Waals surface area contributed by atoms with E-state index in [4.69, 9.17) is 0 Å². The third-order valence-electron chi connectivity index (χ3n) is 3.60. The number of rotatable bonds is 2. The van der Waals surface area contributed by atoms with E-state index < -0.39 is 17.1 Å². The van der Waals surface area contributed by atoms with Crippen LogP contribution in [0.25, 0.3) is 0 Å². The van der Waals surface area contributed by atoms with Crippen molar-refractivity contribution in [2.75, 3.05) is 4.90 Å². The van der Waals surface area contributed by atoms with Gasteiger partial charge >= 0.3 is 12.2 Å². The number of benzene rings is 2. The number of nitrogens with one attached hydrogen (secondary N) is 1. The normalized spacial score (nSPS) is 21.5. The second-order valence-corrected chi connectivity index (χ2v) is 6.43. The van der Waals surface area contributed by atoms with Crippen molar-refractivity contribution in [3.63, 3.8) is 0 Å². The van der Waals surface area contributed by atoms with Crippen LogP contribution in [0.4, 0.5) is 23.7 Å². The summed E-state index contributed by atoms with van der Waals surface area (Å²) in [6.45, 7) is 3.68. The van der Waals surface area contributed by atoms with Gasteiger partial charge in [-0.15, -0.1) is 0 Å². The summed E-state index contributed by atoms with van der Waals surface area (Å²) in [5.41, 5.74) is 0.404. The number of para-hydroxylation sites is 1. The fourth-order valence-corrected chi connectivity index (χ4v) is 3.64. The Morgan fingerprint density at radius 1 is 1.00 bits per heavy atom. The molecule has 3 rings (SSSR count). The maximum atomic E-state index is 13.9. The van der Waals surface area contributed by atoms with Crippen LogP contribution in [-0.4, -0.2) is 12.2 Å². The molecule has 2 aromatic carbocycles. The second-order valence-electron chi connectivity index (χ2n) is 5.14. The smallest absolute Gasteiger partial charge is 0.311 e. The van der Waals surface area contributed by atoms with Crippen LogP contribution in [-0.2, 0) is 4.87 Å². The van der Waals surface area contributed by atoms with Crippen LogP contribution in [0, 0.1) is 0 Å². The summed E-state index contributed by atoms with van der Waals surface area (Å²) in [5, 5.41) is 2.13. The Morgan fingerprint density at radius 3 is 2.04 bits per heavy atom. The lowest BCUT2D eigenvalue weighted by Gasteiger charge is -2.43. The van der Waals surface area contributed by atoms with E-state index in [2.05, 4.69) is 11.9 Å². The molecular formula is C17H13F3N2OS. The number of hydrogen-bond acceptors (Lipinski definition) is 2. The highest BCUT2D eigenvalue weighted by Gasteiger charge is 2.61. The van der Waals surface area contributed by atoms with Gasteiger partial charge in [-0.2, -0.15) is 13.2 Å². The van der Waals surface area contributed by atoms with Gasteiger partial charge in [0.25, 0.3) is 0 Å². The van der Waals surface area contributed by atoms with Gasteiger partial charge in [0.15, 0.2) is 0 Å². The SMILES string of the molecule is C=C1SC(c2ccccc2)(C(F)(F)F)NC(=O)N1c1ccccc1. The lowest BCUT2D eigenvalue weighted by molar-refractivity contribution is -0.167. The van der Waals surface area contributed by atoms with Gasteiger partial charge in [-0.25, -0.2) is 4.79 Å². The van der Waals surface area contributed by atoms with E-state index in [0.29, 0.717) is 17.4 Å². The highest BCUT2D eigenvalue weighted by atomic mass is 32.2. The van der Waals surface area contributed by atoms with E-state index in [1.807, 2.05) is 0 Å². The Labute approximate surface area is 141 Å². The standard InChI is InChI=1S/C17H13F3N2OS/c1-12-22(14-10-6-3-7-11-14)15(23)21-16(24-12,17(18,19)20)13-8-4-2-5-9-13/h2-11H,1H2,(H,21,23). The highest BCUT2D eigenvalue weighted by Crippen LogP contribution is 2.53. The molecular weight excluding hydrogens is 337 g/mol. The monoisotopic (exact) mass is 350 g/mol. The zero-order valence-electron chi connectivity index (χ0n) is 12.4. The van der Waals surface area contributed by atoms with Gasteiger partial charge in [0.1, 0.15) is 0 Å². The van der Waals surface area contributed by atoms with Gasteiger partial charge in [-0.3, -0.25) is 4.90 Å². The fourth-order valence-electron chi connectivity index (χ4n) is 2.50. The average Bonchev–Trinajstić information content (AvgIpc) is 2.55. The van der Waals surface area contributed by atoms with E-state index in [1.165, 1.54) is 24.3 Å². The Hall–Kier alpha value is -2.41. The van der Waals surface area contributed by atoms with Gasteiger partial charge in [0.2, 0.25) is 4.87 Å². The zero-order chi connectivity index (χ0) is 17.4. The Kier molecular flexibility index (Phi) is 4.04. The molecule has 124 valence electrons. The number of hydrogen-bond donors (Lipinski definition) is 1. The molecule has 3 nitrogen and oxygen atoms in total. The second kappa shape index (κ2) is 5.90. The van der Waals surface area contributed by atoms with E-state index in [-0.39, 0.29) is 10.6 Å². The first-order chi connectivity index (χ1) is 11.3. The van der Waals surface area contributed by atoms with Gasteiger partial charge in [0.05, 0.1) is 10.7 Å². The van der Waals surface area contributed by atoms with Crippen LogP contribution in [0.2, 0.25) is 0 Å². The molecule has 24 heavy (non-hydrogen) atoms. The summed E-state index contributed by atoms with van der Waals surface area (Å²) in [6, 6.07) is 14.8. The first-order valence-electron chi connectivity index (χ1n) is 7.03. The third kappa shape index (κ3) is 2.65. The first kappa shape index (κ1) is 16.4. The summed E-state index contributed by atoms with van der Waals surface area (Å²) in [4.78, 5) is 11.1. The molecule has 0 aliphatic carbocycles. The topological polar surface area (TPSA) is 32.3 Å². The summed E-state index contributed by atoms with van der Waals surface area (Å²) in [7, 11) is 0. The molecule has 7 heteroatoms. The number of carbonyl (C=O) groups excluding carboxylic acids is 1. The number of halogens is 3. The van der Waals surface area contributed by atoms with Crippen molar-refractivity contribution in [1.82, 2.24) is 5.32 Å². The van der Waals surface area contributed by atoms with Gasteiger partial charge in [-0.05, 0) is 17.7 Å². The lowest BCUT2D eigenvalue weighted by Crippen LogP contribution is -2.60. The molecule has 1 unspecified atom stereocenters. The molecule has 1 heterocycles. The maximum absolute atomic E-state index is 13.9. The van der Waals surface area contributed by atoms with Crippen LogP contribution in [0.1, 0.15) is 5.56 Å². The van der Waals surface area contributed by atoms with E-state index >= 15 is 0 Å². The summed E-state index contributed by atoms with van der Waals surface area (Å²) >= 11 is 0.475. The maximum Gasteiger partial charge on any atom is 0.425 e. The Morgan fingerprint density at radius 2 is 1.54 bits per heavy atom. The van der Waals surface area contributed by atoms with Gasteiger partial charge in [0, 0.05) is 0 Å². The summed E-state index contributed by atoms with van der Waals surface area (Å²) in [6.07, 6.45) is -4.69. The molecule has 2 amide bonds. The number of thioether (sulfide) groups is 1. The fraction of sp³-hybridized carbons (Fsp3) is 0.118. The molecule has 1 aliphatic heterocycles. The zero-order valence-corrected chi connectivity index (χ0v) is 13.2. The summed E-state index contributed by atoms with van der Waals surface area (Å²) < 4.78 is 41.6. The number of anilines is 1. The van der Waals surface area contributed by atoms with E-state index in [9.17, 15) is 18.0 Å². The quantitative estimate of drug-likeness (QED) is 0.841. The highest BCUT2D eigenvalue weighted by molar-refractivity contribution is 8.04. The van der Waals surface area contributed by atoms with Crippen molar-refractivity contribution in [3.8, 4) is 0 Å². The molecule has 0 aromatic heterocycles. The summed E-state index contributed by atoms with van der Waals surface area (Å²) in [5.74, 6) is 0. The number of amides is 2. The first-order valence-corrected chi connectivity index (χ1v) is 7.84. The number of nitrogens with zero attached hydrogens (tertiary/aromatic N) is 1.